The van der Waals surface area contributed by atoms with Crippen LogP contribution >= 0.6 is 0 Å². The Morgan fingerprint density at radius 3 is 1.06 bits per heavy atom. The van der Waals surface area contributed by atoms with Gasteiger partial charge in [0, 0.05) is 89.7 Å². The molecule has 22 fully saturated rings. The molecule has 0 aromatic rings. The molecule has 2 saturated heterocycles. The number of fused-ring (bicyclic) bond motifs is 2. The molecule has 26 heteroatoms. The van der Waals surface area contributed by atoms with Gasteiger partial charge in [-0.15, -0.1) is 0 Å². The van der Waals surface area contributed by atoms with Gasteiger partial charge in [-0.05, 0) is 298 Å². The van der Waals surface area contributed by atoms with Crippen LogP contribution in [0.5, 0.6) is 0 Å². The van der Waals surface area contributed by atoms with E-state index < -0.39 is 135 Å². The predicted octanol–water partition coefficient (Wildman–Crippen LogP) is 14.4. The number of aliphatic hydroxyl groups is 4. The van der Waals surface area contributed by atoms with Crippen molar-refractivity contribution in [1.29, 1.82) is 10.5 Å². The summed E-state index contributed by atoms with van der Waals surface area (Å²) in [6.45, 7) is 40.4. The van der Waals surface area contributed by atoms with E-state index >= 15 is 0 Å². The molecule has 686 valence electrons. The van der Waals surface area contributed by atoms with Crippen LogP contribution in [0.2, 0.25) is 0 Å². The Morgan fingerprint density at radius 2 is 0.726 bits per heavy atom. The Kier molecular flexibility index (Phi) is 25.1. The summed E-state index contributed by atoms with van der Waals surface area (Å²) in [4.78, 5) is 119. The van der Waals surface area contributed by atoms with Gasteiger partial charge in [-0.3, -0.25) is 24.0 Å². The first-order chi connectivity index (χ1) is 57.4. The lowest BCUT2D eigenvalue weighted by Crippen LogP contribution is -2.67. The third-order valence-electron chi connectivity index (χ3n) is 33.9. The Labute approximate surface area is 732 Å². The zero-order valence-electron chi connectivity index (χ0n) is 76.5. The molecule has 22 aliphatic rings. The van der Waals surface area contributed by atoms with Crippen molar-refractivity contribution >= 4 is 59.7 Å². The van der Waals surface area contributed by atoms with Crippen LogP contribution in [0.1, 0.15) is 310 Å². The quantitative estimate of drug-likeness (QED) is 0.0471. The van der Waals surface area contributed by atoms with Gasteiger partial charge in [-0.25, -0.2) is 24.0 Å². The lowest BCUT2D eigenvalue weighted by Gasteiger charge is -2.62. The molecule has 0 spiro atoms. The SMILES string of the molecule is C=C(C)C(=O)OC(C)(C)C12CC3CC(CC(C3)C1)C2.C=C(C)C(=O)OC12CC3CC(O)(CC(O)(C3)C1)C2.C=C(C)C(=O)OCC(=O)OC1C2CC3C1OC(=O)C3(C#N)C2.CCC(C)(C)C(=O)OC(C)(C)C12CC3CC(CC(C3)C1)C2.CCC(C)(C)C(=O)OC12CC3CC(O)(CC(O)(C3)C1)C2.CCC(C)(C)C(=O)OCC(=O)OC1C2CC3C1OC(=O)C3(C#N)C2. The van der Waals surface area contributed by atoms with Gasteiger partial charge in [-0.2, -0.15) is 10.5 Å². The molecule has 20 aliphatic carbocycles. The van der Waals surface area contributed by atoms with Gasteiger partial charge in [-0.1, -0.05) is 40.5 Å². The highest BCUT2D eigenvalue weighted by Crippen LogP contribution is 2.69. The normalized spacial score (nSPS) is 41.0. The first-order valence-corrected chi connectivity index (χ1v) is 46.2. The average Bonchev–Trinajstić information content (AvgIpc) is 0.765. The van der Waals surface area contributed by atoms with Gasteiger partial charge in [0.25, 0.3) is 0 Å². The minimum absolute atomic E-state index is 0.00857. The van der Waals surface area contributed by atoms with Crippen LogP contribution in [0.3, 0.4) is 0 Å². The first kappa shape index (κ1) is 94.4. The molecule has 20 bridgehead atoms. The molecule has 14 unspecified atom stereocenters. The second-order valence-corrected chi connectivity index (χ2v) is 45.9. The van der Waals surface area contributed by atoms with E-state index in [9.17, 15) is 78.9 Å². The predicted molar refractivity (Wildman–Crippen MR) is 448 cm³/mol. The maximum Gasteiger partial charge on any atom is 0.344 e. The number of esters is 10. The summed E-state index contributed by atoms with van der Waals surface area (Å²) >= 11 is 0. The van der Waals surface area contributed by atoms with Gasteiger partial charge >= 0.3 is 59.7 Å². The standard InChI is InChI=1S/C19H32O2.C17H21NO6.C17H26O2.C16H26O4.C15H15NO6.C14H20O4/c1-6-17(2,3)16(20)21-18(4,5)19-10-13-7-14(11-19)9-15(8-13)12-19;1-4-16(2,3)14(20)22-7-11(19)23-12-9-5-10-13(12)24-15(21)17(10,6-9)8-18;1-11(2)15(18)19-16(3,4)17-8-12-5-13(9-17)7-14(6-12)10-17;1-4-13(2,3)12(17)20-16-7-11-5-14(18,9-16)8-15(19,6-11)10-16;1-7(2)13(18)20-5-10(17)21-11-8-3-9-12(11)22-14(19)15(9,4-8)6-16;1-9(2)11(15)18-14-5-10-3-12(16,7-14)6-13(17,4-10)8-14/h13-15H,6-12H2,1-5H3;9-10,12-13H,4-7H2,1-3H3;12-14H,1,5-10H2,2-4H3;11,18-19H,4-10H2,1-3H3;8-9,11-12H,1,3-5H2,2H3;10,16-17H,1,3-8H2,2H3. The number of ether oxygens (including phenoxy) is 10. The number of nitriles is 2. The Bertz CT molecular complexity index is 4270. The van der Waals surface area contributed by atoms with Crippen molar-refractivity contribution in [3.05, 3.63) is 36.5 Å². The monoisotopic (exact) mass is 1730 g/mol. The summed E-state index contributed by atoms with van der Waals surface area (Å²) in [7, 11) is 0. The molecule has 0 amide bonds. The zero-order valence-corrected chi connectivity index (χ0v) is 76.5. The molecule has 0 aromatic carbocycles. The van der Waals surface area contributed by atoms with Crippen LogP contribution in [0.15, 0.2) is 36.5 Å². The number of hydrogen-bond donors (Lipinski definition) is 4. The molecular weight excluding hydrogens is 1590 g/mol. The summed E-state index contributed by atoms with van der Waals surface area (Å²) in [6, 6.07) is 4.18. The minimum atomic E-state index is -1.06. The van der Waals surface area contributed by atoms with Gasteiger partial charge < -0.3 is 67.8 Å². The van der Waals surface area contributed by atoms with Crippen molar-refractivity contribution in [1.82, 2.24) is 0 Å². The van der Waals surface area contributed by atoms with Crippen LogP contribution in [-0.4, -0.2) is 163 Å². The van der Waals surface area contributed by atoms with Gasteiger partial charge in [0.1, 0.15) is 46.8 Å². The number of carbonyl (C=O) groups excluding carboxylic acids is 10. The van der Waals surface area contributed by atoms with E-state index in [1.807, 2.05) is 41.5 Å². The highest BCUT2D eigenvalue weighted by atomic mass is 16.6. The van der Waals surface area contributed by atoms with Gasteiger partial charge in [0.05, 0.1) is 50.8 Å². The van der Waals surface area contributed by atoms with E-state index in [-0.39, 0.29) is 86.4 Å². The molecule has 124 heavy (non-hydrogen) atoms. The van der Waals surface area contributed by atoms with Crippen molar-refractivity contribution in [2.75, 3.05) is 13.2 Å². The lowest BCUT2D eigenvalue weighted by atomic mass is 9.46. The van der Waals surface area contributed by atoms with Crippen LogP contribution < -0.4 is 0 Å². The zero-order chi connectivity index (χ0) is 91.1. The molecule has 4 N–H and O–H groups in total. The van der Waals surface area contributed by atoms with E-state index in [1.54, 1.807) is 27.7 Å². The van der Waals surface area contributed by atoms with E-state index in [1.165, 1.54) is 84.0 Å². The van der Waals surface area contributed by atoms with Crippen LogP contribution in [0.4, 0.5) is 0 Å². The molecule has 22 rings (SSSR count). The molecular formula is C98H140N2O24. The molecule has 14 atom stereocenters. The van der Waals surface area contributed by atoms with Crippen molar-refractivity contribution in [2.24, 2.45) is 109 Å². The Morgan fingerprint density at radius 1 is 0.403 bits per heavy atom. The molecule has 2 aliphatic heterocycles. The van der Waals surface area contributed by atoms with Gasteiger partial charge in [0.15, 0.2) is 24.0 Å². The fourth-order valence-corrected chi connectivity index (χ4v) is 27.9. The van der Waals surface area contributed by atoms with Crippen molar-refractivity contribution < 1.29 is 116 Å². The maximum absolute atomic E-state index is 12.6. The van der Waals surface area contributed by atoms with Crippen LogP contribution in [0.25, 0.3) is 0 Å². The minimum Gasteiger partial charge on any atom is -0.459 e. The fourth-order valence-electron chi connectivity index (χ4n) is 27.9. The number of rotatable bonds is 21. The van der Waals surface area contributed by atoms with Crippen molar-refractivity contribution in [2.45, 2.75) is 379 Å². The third-order valence-corrected chi connectivity index (χ3v) is 33.9. The van der Waals surface area contributed by atoms with E-state index in [0.717, 1.165) is 86.9 Å². The molecule has 2 heterocycles. The van der Waals surface area contributed by atoms with E-state index in [4.69, 9.17) is 47.4 Å². The highest BCUT2D eigenvalue weighted by Gasteiger charge is 2.75. The molecule has 0 aromatic heterocycles. The lowest BCUT2D eigenvalue weighted by molar-refractivity contribution is -0.264. The Hall–Kier alpha value is -7.26. The summed E-state index contributed by atoms with van der Waals surface area (Å²) < 4.78 is 54.5. The molecule has 26 nitrogen and oxygen atoms in total. The van der Waals surface area contributed by atoms with E-state index in [2.05, 4.69) is 66.5 Å². The largest absolute Gasteiger partial charge is 0.459 e. The third kappa shape index (κ3) is 17.9. The summed E-state index contributed by atoms with van der Waals surface area (Å²) in [6.07, 6.45) is 25.4. The summed E-state index contributed by atoms with van der Waals surface area (Å²) in [5.74, 6) is 0.995. The Balaban J connectivity index is 0.000000128. The first-order valence-electron chi connectivity index (χ1n) is 46.2. The van der Waals surface area contributed by atoms with Crippen LogP contribution in [-0.2, 0) is 95.3 Å². The maximum atomic E-state index is 12.6. The second-order valence-electron chi connectivity index (χ2n) is 45.9. The average molecular weight is 1730 g/mol. The van der Waals surface area contributed by atoms with Crippen molar-refractivity contribution in [3.63, 3.8) is 0 Å². The topological polar surface area (TPSA) is 392 Å². The van der Waals surface area contributed by atoms with Gasteiger partial charge in [0.2, 0.25) is 0 Å². The fraction of sp³-hybridized carbons (Fsp3) is 0.816. The second kappa shape index (κ2) is 33.0. The summed E-state index contributed by atoms with van der Waals surface area (Å²) in [5, 5.41) is 60.9. The van der Waals surface area contributed by atoms with Crippen molar-refractivity contribution in [3.8, 4) is 12.1 Å². The smallest absolute Gasteiger partial charge is 0.344 e. The van der Waals surface area contributed by atoms with E-state index in [0.29, 0.717) is 81.8 Å². The number of carbonyl (C=O) groups is 10. The highest BCUT2D eigenvalue weighted by molar-refractivity contribution is 5.90. The number of hydrogen-bond acceptors (Lipinski definition) is 26. The van der Waals surface area contributed by atoms with Crippen LogP contribution in [0, 0.1) is 132 Å². The number of nitrogens with zero attached hydrogens (tertiary/aromatic N) is 2. The molecule has 0 radical (unpaired) electrons. The summed E-state index contributed by atoms with van der Waals surface area (Å²) in [5.41, 5.74) is -7.48. The molecule has 20 saturated carbocycles.